The summed E-state index contributed by atoms with van der Waals surface area (Å²) in [6.45, 7) is 2.28. The van der Waals surface area contributed by atoms with Crippen molar-refractivity contribution >= 4 is 0 Å². The van der Waals surface area contributed by atoms with E-state index in [0.29, 0.717) is 5.75 Å². The van der Waals surface area contributed by atoms with Crippen molar-refractivity contribution in [2.45, 2.75) is 110 Å². The summed E-state index contributed by atoms with van der Waals surface area (Å²) in [5.41, 5.74) is 1.04. The zero-order chi connectivity index (χ0) is 20.5. The Morgan fingerprint density at radius 3 is 1.54 bits per heavy atom. The van der Waals surface area contributed by atoms with Crippen molar-refractivity contribution in [2.75, 3.05) is 14.2 Å². The number of rotatable bonds is 18. The summed E-state index contributed by atoms with van der Waals surface area (Å²) in [6, 6.07) is 3.40. The zero-order valence-electron chi connectivity index (χ0n) is 18.7. The van der Waals surface area contributed by atoms with Gasteiger partial charge in [-0.05, 0) is 18.9 Å². The van der Waals surface area contributed by atoms with Gasteiger partial charge in [-0.25, -0.2) is 0 Å². The molecule has 1 aromatic carbocycles. The summed E-state index contributed by atoms with van der Waals surface area (Å²) in [5.74, 6) is 1.61. The van der Waals surface area contributed by atoms with Crippen LogP contribution in [0, 0.1) is 0 Å². The van der Waals surface area contributed by atoms with Crippen LogP contribution >= 0.6 is 0 Å². The van der Waals surface area contributed by atoms with Crippen LogP contribution in [0.3, 0.4) is 0 Å². The molecular formula is C25H44O3. The Morgan fingerprint density at radius 1 is 0.643 bits per heavy atom. The van der Waals surface area contributed by atoms with Gasteiger partial charge in [0.15, 0.2) is 11.5 Å². The summed E-state index contributed by atoms with van der Waals surface area (Å²) in [4.78, 5) is 0. The third-order valence-corrected chi connectivity index (χ3v) is 5.59. The largest absolute Gasteiger partial charge is 0.508 e. The number of aryl methyl sites for hydroxylation is 1. The fraction of sp³-hybridized carbons (Fsp3) is 0.760. The minimum absolute atomic E-state index is 0.244. The molecule has 0 saturated carbocycles. The highest BCUT2D eigenvalue weighted by molar-refractivity contribution is 5.51. The summed E-state index contributed by atoms with van der Waals surface area (Å²) in [5, 5.41) is 9.83. The molecule has 0 saturated heterocycles. The molecule has 0 aromatic heterocycles. The third-order valence-electron chi connectivity index (χ3n) is 5.59. The van der Waals surface area contributed by atoms with Gasteiger partial charge in [0.05, 0.1) is 14.2 Å². The molecule has 1 N–H and O–H groups in total. The predicted octanol–water partition coefficient (Wildman–Crippen LogP) is 7.82. The maximum absolute atomic E-state index is 9.83. The molecule has 0 atom stereocenters. The fourth-order valence-electron chi connectivity index (χ4n) is 3.90. The maximum atomic E-state index is 9.83. The van der Waals surface area contributed by atoms with Crippen LogP contribution < -0.4 is 9.47 Å². The monoisotopic (exact) mass is 392 g/mol. The van der Waals surface area contributed by atoms with Crippen molar-refractivity contribution < 1.29 is 14.6 Å². The first kappa shape index (κ1) is 24.7. The first-order chi connectivity index (χ1) is 13.7. The fourth-order valence-corrected chi connectivity index (χ4v) is 3.90. The van der Waals surface area contributed by atoms with Crippen molar-refractivity contribution in [3.05, 3.63) is 17.7 Å². The van der Waals surface area contributed by atoms with Crippen molar-refractivity contribution in [1.29, 1.82) is 0 Å². The van der Waals surface area contributed by atoms with Gasteiger partial charge in [0.1, 0.15) is 5.75 Å². The molecule has 0 aliphatic rings. The Bertz CT molecular complexity index is 499. The lowest BCUT2D eigenvalue weighted by atomic mass is 10.0. The molecule has 0 aliphatic carbocycles. The molecule has 0 heterocycles. The standard InChI is InChI=1S/C25H44O3/c1-4-5-6-7-8-9-10-11-12-13-14-15-16-17-18-19-22-20-23(26)21-24(27-2)25(22)28-3/h20-21,26H,4-19H2,1-3H3. The Hall–Kier alpha value is -1.38. The lowest BCUT2D eigenvalue weighted by Crippen LogP contribution is -1.96. The number of unbranched alkanes of at least 4 members (excludes halogenated alkanes) is 14. The summed E-state index contributed by atoms with van der Waals surface area (Å²) >= 11 is 0. The van der Waals surface area contributed by atoms with Crippen LogP contribution in [0.2, 0.25) is 0 Å². The van der Waals surface area contributed by atoms with Gasteiger partial charge in [0, 0.05) is 11.6 Å². The quantitative estimate of drug-likeness (QED) is 0.259. The van der Waals surface area contributed by atoms with E-state index in [1.807, 2.05) is 0 Å². The number of benzene rings is 1. The van der Waals surface area contributed by atoms with Crippen LogP contribution in [0.5, 0.6) is 17.2 Å². The number of phenolic OH excluding ortho intramolecular Hbond substituents is 1. The number of hydrogen-bond donors (Lipinski definition) is 1. The van der Waals surface area contributed by atoms with Crippen LogP contribution in [-0.4, -0.2) is 19.3 Å². The molecule has 1 aromatic rings. The molecule has 3 nitrogen and oxygen atoms in total. The molecule has 28 heavy (non-hydrogen) atoms. The van der Waals surface area contributed by atoms with E-state index in [1.54, 1.807) is 26.4 Å². The Labute approximate surface area is 173 Å². The molecule has 0 bridgehead atoms. The topological polar surface area (TPSA) is 38.7 Å². The first-order valence-electron chi connectivity index (χ1n) is 11.7. The molecule has 0 fully saturated rings. The molecule has 0 unspecified atom stereocenters. The van der Waals surface area contributed by atoms with E-state index >= 15 is 0 Å². The van der Waals surface area contributed by atoms with Gasteiger partial charge in [-0.2, -0.15) is 0 Å². The van der Waals surface area contributed by atoms with Crippen LogP contribution in [0.4, 0.5) is 0 Å². The molecule has 162 valence electrons. The number of methoxy groups -OCH3 is 2. The van der Waals surface area contributed by atoms with Gasteiger partial charge in [-0.1, -0.05) is 96.8 Å². The van der Waals surface area contributed by atoms with Gasteiger partial charge in [0.2, 0.25) is 0 Å². The van der Waals surface area contributed by atoms with Gasteiger partial charge in [-0.15, -0.1) is 0 Å². The van der Waals surface area contributed by atoms with E-state index in [9.17, 15) is 5.11 Å². The summed E-state index contributed by atoms with van der Waals surface area (Å²) in [7, 11) is 3.26. The van der Waals surface area contributed by atoms with Crippen LogP contribution in [0.15, 0.2) is 12.1 Å². The van der Waals surface area contributed by atoms with Crippen molar-refractivity contribution in [2.24, 2.45) is 0 Å². The molecule has 0 radical (unpaired) electrons. The lowest BCUT2D eigenvalue weighted by molar-refractivity contribution is 0.347. The number of phenols is 1. The van der Waals surface area contributed by atoms with E-state index < -0.39 is 0 Å². The average molecular weight is 393 g/mol. The number of aromatic hydroxyl groups is 1. The van der Waals surface area contributed by atoms with Crippen LogP contribution in [0.25, 0.3) is 0 Å². The SMILES string of the molecule is CCCCCCCCCCCCCCCCCc1cc(O)cc(OC)c1OC. The second-order valence-electron chi connectivity index (χ2n) is 8.04. The number of hydrogen-bond acceptors (Lipinski definition) is 3. The normalized spacial score (nSPS) is 11.0. The zero-order valence-corrected chi connectivity index (χ0v) is 18.7. The average Bonchev–Trinajstić information content (AvgIpc) is 2.70. The van der Waals surface area contributed by atoms with E-state index in [-0.39, 0.29) is 5.75 Å². The minimum Gasteiger partial charge on any atom is -0.508 e. The van der Waals surface area contributed by atoms with E-state index in [4.69, 9.17) is 9.47 Å². The van der Waals surface area contributed by atoms with Gasteiger partial charge < -0.3 is 14.6 Å². The lowest BCUT2D eigenvalue weighted by Gasteiger charge is -2.13. The molecule has 0 aliphatic heterocycles. The smallest absolute Gasteiger partial charge is 0.164 e. The summed E-state index contributed by atoms with van der Waals surface area (Å²) in [6.07, 6.45) is 21.5. The van der Waals surface area contributed by atoms with Crippen molar-refractivity contribution in [3.8, 4) is 17.2 Å². The molecule has 1 rings (SSSR count). The van der Waals surface area contributed by atoms with Crippen molar-refractivity contribution in [3.63, 3.8) is 0 Å². The van der Waals surface area contributed by atoms with Crippen molar-refractivity contribution in [1.82, 2.24) is 0 Å². The van der Waals surface area contributed by atoms with E-state index in [2.05, 4.69) is 6.92 Å². The highest BCUT2D eigenvalue weighted by atomic mass is 16.5. The van der Waals surface area contributed by atoms with Crippen LogP contribution in [0.1, 0.15) is 109 Å². The molecular weight excluding hydrogens is 348 g/mol. The second-order valence-corrected chi connectivity index (χ2v) is 8.04. The number of ether oxygens (including phenoxy) is 2. The highest BCUT2D eigenvalue weighted by Crippen LogP contribution is 2.36. The minimum atomic E-state index is 0.244. The Kier molecular flexibility index (Phi) is 14.6. The van der Waals surface area contributed by atoms with Gasteiger partial charge >= 0.3 is 0 Å². The highest BCUT2D eigenvalue weighted by Gasteiger charge is 2.11. The molecule has 0 amide bonds. The Morgan fingerprint density at radius 2 is 1.11 bits per heavy atom. The van der Waals surface area contributed by atoms with Crippen LogP contribution in [-0.2, 0) is 6.42 Å². The maximum Gasteiger partial charge on any atom is 0.164 e. The summed E-state index contributed by atoms with van der Waals surface area (Å²) < 4.78 is 10.8. The van der Waals surface area contributed by atoms with E-state index in [0.717, 1.165) is 24.2 Å². The third kappa shape index (κ3) is 10.8. The van der Waals surface area contributed by atoms with Gasteiger partial charge in [-0.3, -0.25) is 0 Å². The second kappa shape index (κ2) is 16.6. The predicted molar refractivity (Wildman–Crippen MR) is 120 cm³/mol. The first-order valence-corrected chi connectivity index (χ1v) is 11.7. The molecule has 3 heteroatoms. The van der Waals surface area contributed by atoms with Gasteiger partial charge in [0.25, 0.3) is 0 Å². The Balaban J connectivity index is 1.99. The van der Waals surface area contributed by atoms with E-state index in [1.165, 1.54) is 89.9 Å². The molecule has 0 spiro atoms.